The third-order valence-corrected chi connectivity index (χ3v) is 6.61. The fourth-order valence-corrected chi connectivity index (χ4v) is 4.64. The van der Waals surface area contributed by atoms with E-state index in [0.717, 1.165) is 37.6 Å². The molecular weight excluding hydrogens is 448 g/mol. The first kappa shape index (κ1) is 23.8. The summed E-state index contributed by atoms with van der Waals surface area (Å²) in [5, 5.41) is 12.5. The van der Waals surface area contributed by atoms with Crippen LogP contribution in [0.2, 0.25) is 0 Å². The van der Waals surface area contributed by atoms with Gasteiger partial charge < -0.3 is 15.1 Å². The van der Waals surface area contributed by atoms with Gasteiger partial charge in [0.25, 0.3) is 5.91 Å². The fourth-order valence-electron chi connectivity index (χ4n) is 3.89. The first-order valence-electron chi connectivity index (χ1n) is 11.4. The molecule has 0 aliphatic carbocycles. The van der Waals surface area contributed by atoms with Crippen LogP contribution in [0.4, 0.5) is 11.6 Å². The number of carbonyl (C=O) groups excluding carboxylic acids is 2. The van der Waals surface area contributed by atoms with Gasteiger partial charge in [0.15, 0.2) is 5.16 Å². The number of nitrogens with zero attached hydrogens (tertiary/aromatic N) is 5. The predicted molar refractivity (Wildman–Crippen MR) is 136 cm³/mol. The lowest BCUT2D eigenvalue weighted by molar-refractivity contribution is -0.113. The average Bonchev–Trinajstić information content (AvgIpc) is 3.27. The monoisotopic (exact) mass is 478 g/mol. The van der Waals surface area contributed by atoms with Crippen molar-refractivity contribution in [2.24, 2.45) is 0 Å². The molecule has 1 saturated heterocycles. The van der Waals surface area contributed by atoms with E-state index in [1.54, 1.807) is 38.4 Å². The Morgan fingerprint density at radius 2 is 1.76 bits per heavy atom. The van der Waals surface area contributed by atoms with Crippen LogP contribution in [0.25, 0.3) is 5.69 Å². The minimum Gasteiger partial charge on any atom is -0.345 e. The van der Waals surface area contributed by atoms with E-state index in [9.17, 15) is 9.59 Å². The third-order valence-electron chi connectivity index (χ3n) is 5.68. The van der Waals surface area contributed by atoms with E-state index in [2.05, 4.69) is 51.6 Å². The van der Waals surface area contributed by atoms with Gasteiger partial charge in [0.2, 0.25) is 11.9 Å². The zero-order valence-corrected chi connectivity index (χ0v) is 20.6. The molecule has 2 aromatic carbocycles. The summed E-state index contributed by atoms with van der Waals surface area (Å²) in [6, 6.07) is 15.2. The van der Waals surface area contributed by atoms with E-state index < -0.39 is 0 Å². The van der Waals surface area contributed by atoms with E-state index in [-0.39, 0.29) is 17.6 Å². The molecule has 0 saturated carbocycles. The molecule has 0 bridgehead atoms. The molecular formula is C25H30N6O2S. The highest BCUT2D eigenvalue weighted by Crippen LogP contribution is 2.28. The number of amides is 2. The van der Waals surface area contributed by atoms with E-state index in [1.165, 1.54) is 28.6 Å². The molecule has 1 fully saturated rings. The number of aromatic nitrogens is 3. The van der Waals surface area contributed by atoms with Crippen LogP contribution in [0.1, 0.15) is 35.2 Å². The van der Waals surface area contributed by atoms with Crippen LogP contribution >= 0.6 is 11.8 Å². The average molecular weight is 479 g/mol. The van der Waals surface area contributed by atoms with Gasteiger partial charge in [0.1, 0.15) is 0 Å². The van der Waals surface area contributed by atoms with Crippen LogP contribution in [-0.2, 0) is 4.79 Å². The summed E-state index contributed by atoms with van der Waals surface area (Å²) >= 11 is 1.35. The highest BCUT2D eigenvalue weighted by atomic mass is 32.2. The van der Waals surface area contributed by atoms with Crippen LogP contribution in [0.3, 0.4) is 0 Å². The molecule has 3 aromatic rings. The molecule has 1 aliphatic rings. The van der Waals surface area contributed by atoms with Crippen molar-refractivity contribution >= 4 is 35.2 Å². The maximum atomic E-state index is 12.7. The molecule has 34 heavy (non-hydrogen) atoms. The zero-order chi connectivity index (χ0) is 24.1. The molecule has 4 rings (SSSR count). The van der Waals surface area contributed by atoms with Crippen molar-refractivity contribution in [1.29, 1.82) is 0 Å². The molecule has 1 N–H and O–H groups in total. The van der Waals surface area contributed by atoms with Crippen molar-refractivity contribution in [2.75, 3.05) is 43.2 Å². The Hall–Kier alpha value is -3.33. The number of piperidine rings is 1. The number of rotatable bonds is 7. The van der Waals surface area contributed by atoms with Crippen molar-refractivity contribution in [3.05, 3.63) is 59.7 Å². The second-order valence-corrected chi connectivity index (χ2v) is 9.56. The van der Waals surface area contributed by atoms with Gasteiger partial charge in [-0.2, -0.15) is 0 Å². The number of thioether (sulfide) groups is 1. The van der Waals surface area contributed by atoms with Gasteiger partial charge in [-0.3, -0.25) is 14.2 Å². The lowest BCUT2D eigenvalue weighted by Gasteiger charge is -2.27. The van der Waals surface area contributed by atoms with E-state index >= 15 is 0 Å². The first-order valence-corrected chi connectivity index (χ1v) is 12.4. The topological polar surface area (TPSA) is 83.4 Å². The molecule has 178 valence electrons. The number of carbonyl (C=O) groups is 2. The van der Waals surface area contributed by atoms with Crippen LogP contribution in [0.15, 0.2) is 53.7 Å². The van der Waals surface area contributed by atoms with Gasteiger partial charge in [-0.25, -0.2) is 0 Å². The van der Waals surface area contributed by atoms with Gasteiger partial charge in [-0.1, -0.05) is 35.5 Å². The minimum atomic E-state index is -0.169. The lowest BCUT2D eigenvalue weighted by Crippen LogP contribution is -2.31. The van der Waals surface area contributed by atoms with Gasteiger partial charge in [-0.05, 0) is 56.5 Å². The molecule has 9 heteroatoms. The molecule has 0 spiro atoms. The first-order chi connectivity index (χ1) is 16.4. The number of benzene rings is 2. The Bertz CT molecular complexity index is 1150. The smallest absolute Gasteiger partial charge is 0.253 e. The summed E-state index contributed by atoms with van der Waals surface area (Å²) in [7, 11) is 3.40. The van der Waals surface area contributed by atoms with E-state index in [4.69, 9.17) is 0 Å². The molecule has 0 unspecified atom stereocenters. The van der Waals surface area contributed by atoms with Crippen molar-refractivity contribution in [3.8, 4) is 5.69 Å². The van der Waals surface area contributed by atoms with E-state index in [1.807, 2.05) is 4.57 Å². The molecule has 2 heterocycles. The molecule has 0 atom stereocenters. The standard InChI is InChI=1S/C25H30N6O2S/c1-18-10-12-21(13-11-18)31-24(30-14-5-4-6-15-30)27-28-25(31)34-17-22(32)26-20-9-7-8-19(16-20)23(33)29(2)3/h7-13,16H,4-6,14-15,17H2,1-3H3,(H,26,32). The summed E-state index contributed by atoms with van der Waals surface area (Å²) in [5.74, 6) is 0.719. The number of aryl methyl sites for hydroxylation is 1. The van der Waals surface area contributed by atoms with E-state index in [0.29, 0.717) is 16.4 Å². The Morgan fingerprint density at radius 3 is 2.47 bits per heavy atom. The Balaban J connectivity index is 1.50. The maximum Gasteiger partial charge on any atom is 0.253 e. The van der Waals surface area contributed by atoms with Gasteiger partial charge >= 0.3 is 0 Å². The summed E-state index contributed by atoms with van der Waals surface area (Å²) in [6.45, 7) is 3.97. The van der Waals surface area contributed by atoms with Crippen molar-refractivity contribution in [1.82, 2.24) is 19.7 Å². The fraction of sp³-hybridized carbons (Fsp3) is 0.360. The molecule has 0 radical (unpaired) electrons. The normalized spacial score (nSPS) is 13.6. The van der Waals surface area contributed by atoms with Gasteiger partial charge in [0.05, 0.1) is 11.4 Å². The largest absolute Gasteiger partial charge is 0.345 e. The second kappa shape index (κ2) is 10.7. The Morgan fingerprint density at radius 1 is 1.03 bits per heavy atom. The Labute approximate surface area is 204 Å². The van der Waals surface area contributed by atoms with Crippen molar-refractivity contribution in [2.45, 2.75) is 31.3 Å². The summed E-state index contributed by atoms with van der Waals surface area (Å²) in [4.78, 5) is 28.7. The second-order valence-electron chi connectivity index (χ2n) is 8.62. The van der Waals surface area contributed by atoms with Crippen molar-refractivity contribution in [3.63, 3.8) is 0 Å². The third kappa shape index (κ3) is 5.59. The predicted octanol–water partition coefficient (Wildman–Crippen LogP) is 4.00. The van der Waals surface area contributed by atoms with Gasteiger partial charge in [0, 0.05) is 38.4 Å². The SMILES string of the molecule is Cc1ccc(-n2c(SCC(=O)Nc3cccc(C(=O)N(C)C)c3)nnc2N2CCCCC2)cc1. The number of nitrogens with one attached hydrogen (secondary N) is 1. The Kier molecular flexibility index (Phi) is 7.52. The molecule has 1 aromatic heterocycles. The summed E-state index contributed by atoms with van der Waals surface area (Å²) < 4.78 is 2.04. The van der Waals surface area contributed by atoms with Gasteiger partial charge in [-0.15, -0.1) is 10.2 Å². The molecule has 8 nitrogen and oxygen atoms in total. The summed E-state index contributed by atoms with van der Waals surface area (Å²) in [5.41, 5.74) is 3.28. The molecule has 1 aliphatic heterocycles. The highest BCUT2D eigenvalue weighted by molar-refractivity contribution is 7.99. The zero-order valence-electron chi connectivity index (χ0n) is 19.8. The van der Waals surface area contributed by atoms with Crippen LogP contribution in [0, 0.1) is 6.92 Å². The summed E-state index contributed by atoms with van der Waals surface area (Å²) in [6.07, 6.45) is 3.51. The number of anilines is 2. The van der Waals surface area contributed by atoms with Crippen LogP contribution < -0.4 is 10.2 Å². The van der Waals surface area contributed by atoms with Crippen LogP contribution in [-0.4, -0.2) is 64.4 Å². The lowest BCUT2D eigenvalue weighted by atomic mass is 10.1. The van der Waals surface area contributed by atoms with Crippen molar-refractivity contribution < 1.29 is 9.59 Å². The maximum absolute atomic E-state index is 12.7. The highest BCUT2D eigenvalue weighted by Gasteiger charge is 2.22. The minimum absolute atomic E-state index is 0.109. The van der Waals surface area contributed by atoms with Crippen LogP contribution in [0.5, 0.6) is 0 Å². The molecule has 2 amide bonds. The number of hydrogen-bond acceptors (Lipinski definition) is 6. The quantitative estimate of drug-likeness (QED) is 0.517. The number of hydrogen-bond donors (Lipinski definition) is 1.